The van der Waals surface area contributed by atoms with Gasteiger partial charge in [-0.2, -0.15) is 0 Å². The van der Waals surface area contributed by atoms with Crippen LogP contribution in [0.3, 0.4) is 0 Å². The lowest BCUT2D eigenvalue weighted by atomic mass is 9.80. The van der Waals surface area contributed by atoms with Gasteiger partial charge in [-0.05, 0) is 48.0 Å². The number of carbonyl (C=O) groups is 2. The molecule has 0 aliphatic carbocycles. The van der Waals surface area contributed by atoms with Crippen LogP contribution in [0.2, 0.25) is 18.1 Å². The van der Waals surface area contributed by atoms with Crippen molar-refractivity contribution >= 4 is 20.1 Å². The maximum atomic E-state index is 12.2. The molecule has 1 atom stereocenters. The summed E-state index contributed by atoms with van der Waals surface area (Å²) in [4.78, 5) is 23.6. The van der Waals surface area contributed by atoms with Gasteiger partial charge in [-0.15, -0.1) is 0 Å². The van der Waals surface area contributed by atoms with Gasteiger partial charge in [0.15, 0.2) is 8.32 Å². The predicted molar refractivity (Wildman–Crippen MR) is 123 cm³/mol. The average molecular weight is 437 g/mol. The molecule has 1 N–H and O–H groups in total. The zero-order valence-electron chi connectivity index (χ0n) is 20.0. The van der Waals surface area contributed by atoms with E-state index in [2.05, 4.69) is 50.7 Å². The Hall–Kier alpha value is -1.50. The van der Waals surface area contributed by atoms with Gasteiger partial charge in [-0.25, -0.2) is 0 Å². The topological polar surface area (TPSA) is 72.8 Å². The number of hydrogen-bond acceptors (Lipinski definition) is 5. The third kappa shape index (κ3) is 7.64. The molecule has 0 spiro atoms. The van der Waals surface area contributed by atoms with Crippen LogP contribution in [0.1, 0.15) is 65.0 Å². The summed E-state index contributed by atoms with van der Waals surface area (Å²) in [6.45, 7) is 15.5. The quantitative estimate of drug-likeness (QED) is 0.298. The lowest BCUT2D eigenvalue weighted by Crippen LogP contribution is -2.40. The Kier molecular flexibility index (Phi) is 9.45. The SMILES string of the molecule is COC(=O)CC(=O)CC(O)(CCc1ccccc1CO[Si](C)(C)C(C)(C)C)C(C)C. The van der Waals surface area contributed by atoms with Crippen LogP contribution in [0, 0.1) is 5.92 Å². The molecule has 0 radical (unpaired) electrons. The first kappa shape index (κ1) is 26.5. The monoisotopic (exact) mass is 436 g/mol. The van der Waals surface area contributed by atoms with Gasteiger partial charge in [0.25, 0.3) is 0 Å². The lowest BCUT2D eigenvalue weighted by molar-refractivity contribution is -0.144. The molecule has 0 saturated heterocycles. The average Bonchev–Trinajstić information content (AvgIpc) is 2.64. The highest BCUT2D eigenvalue weighted by molar-refractivity contribution is 6.74. The van der Waals surface area contributed by atoms with Crippen molar-refractivity contribution < 1.29 is 23.9 Å². The Morgan fingerprint density at radius 3 is 2.17 bits per heavy atom. The van der Waals surface area contributed by atoms with Gasteiger partial charge in [-0.3, -0.25) is 9.59 Å². The molecule has 1 aromatic rings. The maximum Gasteiger partial charge on any atom is 0.313 e. The van der Waals surface area contributed by atoms with E-state index in [1.807, 2.05) is 26.0 Å². The van der Waals surface area contributed by atoms with Gasteiger partial charge < -0.3 is 14.3 Å². The molecule has 1 aromatic carbocycles. The van der Waals surface area contributed by atoms with Crippen LogP contribution in [0.4, 0.5) is 0 Å². The zero-order valence-corrected chi connectivity index (χ0v) is 21.0. The summed E-state index contributed by atoms with van der Waals surface area (Å²) in [7, 11) is -0.610. The molecule has 30 heavy (non-hydrogen) atoms. The number of rotatable bonds is 11. The van der Waals surface area contributed by atoms with Crippen LogP contribution in [-0.4, -0.2) is 37.9 Å². The van der Waals surface area contributed by atoms with E-state index in [1.165, 1.54) is 7.11 Å². The maximum absolute atomic E-state index is 12.2. The predicted octanol–water partition coefficient (Wildman–Crippen LogP) is 5.05. The van der Waals surface area contributed by atoms with Crippen molar-refractivity contribution in [1.29, 1.82) is 0 Å². The van der Waals surface area contributed by atoms with E-state index in [9.17, 15) is 14.7 Å². The fourth-order valence-electron chi connectivity index (χ4n) is 2.99. The molecule has 0 aliphatic rings. The number of methoxy groups -OCH3 is 1. The summed E-state index contributed by atoms with van der Waals surface area (Å²) >= 11 is 0. The Balaban J connectivity index is 2.88. The van der Waals surface area contributed by atoms with Crippen molar-refractivity contribution in [2.45, 2.75) is 90.6 Å². The summed E-state index contributed by atoms with van der Waals surface area (Å²) in [6.07, 6.45) is 0.719. The molecule has 0 aromatic heterocycles. The van der Waals surface area contributed by atoms with Gasteiger partial charge in [0.05, 0.1) is 19.3 Å². The van der Waals surface area contributed by atoms with Crippen LogP contribution < -0.4 is 0 Å². The number of ketones is 1. The van der Waals surface area contributed by atoms with Gasteiger partial charge in [0, 0.05) is 6.42 Å². The van der Waals surface area contributed by atoms with Crippen LogP contribution >= 0.6 is 0 Å². The van der Waals surface area contributed by atoms with Crippen LogP contribution in [0.25, 0.3) is 0 Å². The molecule has 0 fully saturated rings. The summed E-state index contributed by atoms with van der Waals surface area (Å²) in [5.41, 5.74) is 1.07. The van der Waals surface area contributed by atoms with E-state index in [4.69, 9.17) is 4.43 Å². The van der Waals surface area contributed by atoms with Crippen molar-refractivity contribution in [3.63, 3.8) is 0 Å². The molecule has 1 unspecified atom stereocenters. The third-order valence-electron chi connectivity index (χ3n) is 6.49. The van der Waals surface area contributed by atoms with Crippen LogP contribution in [-0.2, 0) is 31.8 Å². The molecule has 0 amide bonds. The number of ether oxygens (including phenoxy) is 1. The second kappa shape index (κ2) is 10.7. The highest BCUT2D eigenvalue weighted by Gasteiger charge is 2.37. The number of hydrogen-bond donors (Lipinski definition) is 1. The number of aliphatic hydroxyl groups is 1. The largest absolute Gasteiger partial charge is 0.469 e. The number of Topliss-reactive ketones (excluding diaryl/α,β-unsaturated/α-hetero) is 1. The van der Waals surface area contributed by atoms with Gasteiger partial charge in [-0.1, -0.05) is 58.9 Å². The normalized spacial score (nSPS) is 14.5. The van der Waals surface area contributed by atoms with Crippen molar-refractivity contribution in [3.05, 3.63) is 35.4 Å². The molecule has 170 valence electrons. The van der Waals surface area contributed by atoms with Crippen molar-refractivity contribution in [1.82, 2.24) is 0 Å². The smallest absolute Gasteiger partial charge is 0.313 e. The Bertz CT molecular complexity index is 721. The summed E-state index contributed by atoms with van der Waals surface area (Å²) < 4.78 is 11.0. The van der Waals surface area contributed by atoms with Crippen molar-refractivity contribution in [2.75, 3.05) is 7.11 Å². The Morgan fingerprint density at radius 2 is 1.67 bits per heavy atom. The fraction of sp³-hybridized carbons (Fsp3) is 0.667. The van der Waals surface area contributed by atoms with E-state index >= 15 is 0 Å². The van der Waals surface area contributed by atoms with E-state index in [0.29, 0.717) is 19.4 Å². The van der Waals surface area contributed by atoms with Gasteiger partial charge >= 0.3 is 5.97 Å². The molecule has 5 nitrogen and oxygen atoms in total. The van der Waals surface area contributed by atoms with Gasteiger partial charge in [0.2, 0.25) is 0 Å². The van der Waals surface area contributed by atoms with Crippen molar-refractivity contribution in [3.8, 4) is 0 Å². The highest BCUT2D eigenvalue weighted by Crippen LogP contribution is 2.37. The molecule has 0 aliphatic heterocycles. The second-order valence-electron chi connectivity index (χ2n) is 10.0. The Morgan fingerprint density at radius 1 is 1.10 bits per heavy atom. The van der Waals surface area contributed by atoms with E-state index in [0.717, 1.165) is 11.1 Å². The van der Waals surface area contributed by atoms with E-state index < -0.39 is 19.9 Å². The minimum Gasteiger partial charge on any atom is -0.469 e. The number of carbonyl (C=O) groups excluding carboxylic acids is 2. The van der Waals surface area contributed by atoms with E-state index in [1.54, 1.807) is 0 Å². The van der Waals surface area contributed by atoms with Crippen LogP contribution in [0.5, 0.6) is 0 Å². The van der Waals surface area contributed by atoms with Gasteiger partial charge in [0.1, 0.15) is 12.2 Å². The molecule has 1 rings (SSSR count). The number of benzene rings is 1. The first-order valence-electron chi connectivity index (χ1n) is 10.7. The molecule has 0 bridgehead atoms. The first-order chi connectivity index (χ1) is 13.7. The van der Waals surface area contributed by atoms with E-state index in [-0.39, 0.29) is 29.6 Å². The third-order valence-corrected chi connectivity index (χ3v) is 11.0. The minimum absolute atomic E-state index is 0.0532. The Labute approximate surface area is 183 Å². The number of aryl methyl sites for hydroxylation is 1. The lowest BCUT2D eigenvalue weighted by Gasteiger charge is -2.36. The highest BCUT2D eigenvalue weighted by atomic mass is 28.4. The minimum atomic E-state index is -1.87. The summed E-state index contributed by atoms with van der Waals surface area (Å²) in [5.74, 6) is -0.985. The molecular weight excluding hydrogens is 396 g/mol. The number of esters is 1. The van der Waals surface area contributed by atoms with Crippen molar-refractivity contribution in [2.24, 2.45) is 5.92 Å². The standard InChI is InChI=1S/C24H40O5Si/c1-18(2)24(27,16-21(25)15-22(26)28-6)14-13-19-11-9-10-12-20(19)17-29-30(7,8)23(3,4)5/h9-12,18,27H,13-17H2,1-8H3. The fourth-order valence-corrected chi connectivity index (χ4v) is 3.94. The molecule has 6 heteroatoms. The zero-order chi connectivity index (χ0) is 23.2. The molecular formula is C24H40O5Si. The second-order valence-corrected chi connectivity index (χ2v) is 14.9. The molecule has 0 saturated carbocycles. The first-order valence-corrected chi connectivity index (χ1v) is 13.6. The summed E-state index contributed by atoms with van der Waals surface area (Å²) in [5, 5.41) is 11.3. The summed E-state index contributed by atoms with van der Waals surface area (Å²) in [6, 6.07) is 8.12. The molecule has 0 heterocycles. The van der Waals surface area contributed by atoms with Crippen LogP contribution in [0.15, 0.2) is 24.3 Å².